The minimum Gasteiger partial charge on any atom is -0.474 e. The van der Waals surface area contributed by atoms with Crippen LogP contribution in [0.2, 0.25) is 0 Å². The fraction of sp³-hybridized carbons (Fsp3) is 0.600. The number of amides is 1. The number of hydrogen-bond acceptors (Lipinski definition) is 6. The standard InChI is InChI=1S/C20H28N6O2/c1-26-20(23-18(25-26)14-7-10-21-11-8-14)24-19(27)15-9-12-22-17(13-15)28-16-5-3-2-4-6-16/h9,12-14,16,21H,2-8,10-11H2,1H3,(H,23,24,25,27). The molecular weight excluding hydrogens is 356 g/mol. The number of aryl methyl sites for hydroxylation is 1. The van der Waals surface area contributed by atoms with E-state index < -0.39 is 0 Å². The molecule has 2 aromatic rings. The van der Waals surface area contributed by atoms with Crippen molar-refractivity contribution >= 4 is 11.9 Å². The van der Waals surface area contributed by atoms with Gasteiger partial charge in [-0.15, -0.1) is 0 Å². The van der Waals surface area contributed by atoms with Gasteiger partial charge in [0, 0.05) is 30.8 Å². The summed E-state index contributed by atoms with van der Waals surface area (Å²) in [5.74, 6) is 1.88. The van der Waals surface area contributed by atoms with E-state index in [9.17, 15) is 4.79 Å². The lowest BCUT2D eigenvalue weighted by Gasteiger charge is -2.22. The van der Waals surface area contributed by atoms with Crippen LogP contribution >= 0.6 is 0 Å². The lowest BCUT2D eigenvalue weighted by molar-refractivity contribution is 0.102. The van der Waals surface area contributed by atoms with Crippen molar-refractivity contribution in [3.8, 4) is 5.88 Å². The average molecular weight is 384 g/mol. The number of anilines is 1. The Balaban J connectivity index is 1.42. The summed E-state index contributed by atoms with van der Waals surface area (Å²) < 4.78 is 7.61. The Morgan fingerprint density at radius 1 is 1.21 bits per heavy atom. The van der Waals surface area contributed by atoms with E-state index in [1.165, 1.54) is 19.3 Å². The van der Waals surface area contributed by atoms with Crippen LogP contribution in [0.4, 0.5) is 5.95 Å². The van der Waals surface area contributed by atoms with E-state index in [1.807, 2.05) is 0 Å². The van der Waals surface area contributed by atoms with E-state index in [0.29, 0.717) is 23.3 Å². The lowest BCUT2D eigenvalue weighted by atomic mass is 9.98. The van der Waals surface area contributed by atoms with Crippen molar-refractivity contribution in [3.63, 3.8) is 0 Å². The molecule has 2 fully saturated rings. The van der Waals surface area contributed by atoms with E-state index in [2.05, 4.69) is 25.7 Å². The molecule has 2 aliphatic rings. The second-order valence-electron chi connectivity index (χ2n) is 7.66. The summed E-state index contributed by atoms with van der Waals surface area (Å²) in [5, 5.41) is 10.7. The molecule has 0 spiro atoms. The van der Waals surface area contributed by atoms with E-state index in [1.54, 1.807) is 30.1 Å². The van der Waals surface area contributed by atoms with E-state index in [4.69, 9.17) is 4.74 Å². The van der Waals surface area contributed by atoms with Crippen molar-refractivity contribution in [1.29, 1.82) is 0 Å². The highest BCUT2D eigenvalue weighted by Crippen LogP contribution is 2.24. The number of ether oxygens (including phenoxy) is 1. The van der Waals surface area contributed by atoms with Crippen molar-refractivity contribution < 1.29 is 9.53 Å². The minimum atomic E-state index is -0.233. The number of nitrogens with one attached hydrogen (secondary N) is 2. The molecule has 1 aliphatic heterocycles. The van der Waals surface area contributed by atoms with Crippen LogP contribution in [0.15, 0.2) is 18.3 Å². The Morgan fingerprint density at radius 3 is 2.79 bits per heavy atom. The molecule has 150 valence electrons. The summed E-state index contributed by atoms with van der Waals surface area (Å²) in [6.07, 6.45) is 9.61. The molecule has 0 unspecified atom stereocenters. The third kappa shape index (κ3) is 4.49. The molecule has 0 radical (unpaired) electrons. The molecule has 3 heterocycles. The predicted octanol–water partition coefficient (Wildman–Crippen LogP) is 2.64. The Labute approximate surface area is 165 Å². The molecule has 28 heavy (non-hydrogen) atoms. The summed E-state index contributed by atoms with van der Waals surface area (Å²) in [6, 6.07) is 3.39. The summed E-state index contributed by atoms with van der Waals surface area (Å²) in [5.41, 5.74) is 0.507. The molecule has 0 atom stereocenters. The van der Waals surface area contributed by atoms with Crippen molar-refractivity contribution in [3.05, 3.63) is 29.7 Å². The molecule has 8 nitrogen and oxygen atoms in total. The largest absolute Gasteiger partial charge is 0.474 e. The second kappa shape index (κ2) is 8.68. The normalized spacial score (nSPS) is 18.8. The molecule has 0 bridgehead atoms. The van der Waals surface area contributed by atoms with Gasteiger partial charge in [-0.05, 0) is 57.7 Å². The molecule has 2 aromatic heterocycles. The summed E-state index contributed by atoms with van der Waals surface area (Å²) in [6.45, 7) is 1.96. The van der Waals surface area contributed by atoms with Gasteiger partial charge in [0.2, 0.25) is 11.8 Å². The first-order valence-electron chi connectivity index (χ1n) is 10.2. The van der Waals surface area contributed by atoms with Crippen LogP contribution in [0, 0.1) is 0 Å². The van der Waals surface area contributed by atoms with Gasteiger partial charge in [-0.25, -0.2) is 9.67 Å². The Kier molecular flexibility index (Phi) is 5.85. The Bertz CT molecular complexity index is 809. The second-order valence-corrected chi connectivity index (χ2v) is 7.66. The van der Waals surface area contributed by atoms with Gasteiger partial charge >= 0.3 is 0 Å². The minimum absolute atomic E-state index is 0.200. The first-order chi connectivity index (χ1) is 13.7. The van der Waals surface area contributed by atoms with Gasteiger partial charge in [-0.3, -0.25) is 10.1 Å². The topological polar surface area (TPSA) is 94.0 Å². The first kappa shape index (κ1) is 18.9. The van der Waals surface area contributed by atoms with Gasteiger partial charge in [-0.2, -0.15) is 10.1 Å². The fourth-order valence-electron chi connectivity index (χ4n) is 3.91. The van der Waals surface area contributed by atoms with Gasteiger partial charge in [0.15, 0.2) is 5.82 Å². The molecule has 1 saturated heterocycles. The number of pyridine rings is 1. The van der Waals surface area contributed by atoms with Crippen molar-refractivity contribution in [2.75, 3.05) is 18.4 Å². The zero-order valence-electron chi connectivity index (χ0n) is 16.4. The monoisotopic (exact) mass is 384 g/mol. The van der Waals surface area contributed by atoms with E-state index >= 15 is 0 Å². The zero-order chi connectivity index (χ0) is 19.3. The average Bonchev–Trinajstić information content (AvgIpc) is 3.10. The number of hydrogen-bond donors (Lipinski definition) is 2. The number of carbonyl (C=O) groups excluding carboxylic acids is 1. The van der Waals surface area contributed by atoms with Crippen LogP contribution in [0.3, 0.4) is 0 Å². The highest BCUT2D eigenvalue weighted by molar-refractivity contribution is 6.03. The molecule has 1 amide bonds. The van der Waals surface area contributed by atoms with Gasteiger partial charge in [-0.1, -0.05) is 6.42 Å². The van der Waals surface area contributed by atoms with Crippen LogP contribution in [0.25, 0.3) is 0 Å². The summed E-state index contributed by atoms with van der Waals surface area (Å²) in [4.78, 5) is 21.5. The molecule has 2 N–H and O–H groups in total. The smallest absolute Gasteiger partial charge is 0.258 e. The van der Waals surface area contributed by atoms with Gasteiger partial charge in [0.1, 0.15) is 6.10 Å². The van der Waals surface area contributed by atoms with E-state index in [-0.39, 0.29) is 12.0 Å². The van der Waals surface area contributed by atoms with Crippen molar-refractivity contribution in [2.24, 2.45) is 7.05 Å². The lowest BCUT2D eigenvalue weighted by Crippen LogP contribution is -2.27. The number of aromatic nitrogens is 4. The summed E-state index contributed by atoms with van der Waals surface area (Å²) in [7, 11) is 1.80. The quantitative estimate of drug-likeness (QED) is 0.823. The summed E-state index contributed by atoms with van der Waals surface area (Å²) >= 11 is 0. The van der Waals surface area contributed by atoms with Crippen LogP contribution in [0.1, 0.15) is 67.0 Å². The SMILES string of the molecule is Cn1nc(C2CCNCC2)nc1NC(=O)c1ccnc(OC2CCCCC2)c1. The van der Waals surface area contributed by atoms with Crippen LogP contribution in [0.5, 0.6) is 5.88 Å². The maximum absolute atomic E-state index is 12.7. The van der Waals surface area contributed by atoms with Crippen LogP contribution in [-0.4, -0.2) is 44.8 Å². The zero-order valence-corrected chi connectivity index (χ0v) is 16.4. The number of nitrogens with zero attached hydrogens (tertiary/aromatic N) is 4. The Hall–Kier alpha value is -2.48. The van der Waals surface area contributed by atoms with Gasteiger partial charge in [0.25, 0.3) is 5.91 Å². The molecule has 8 heteroatoms. The molecule has 4 rings (SSSR count). The van der Waals surface area contributed by atoms with Crippen LogP contribution < -0.4 is 15.4 Å². The third-order valence-corrected chi connectivity index (χ3v) is 5.55. The van der Waals surface area contributed by atoms with E-state index in [0.717, 1.165) is 44.6 Å². The number of piperidine rings is 1. The van der Waals surface area contributed by atoms with Crippen LogP contribution in [-0.2, 0) is 7.05 Å². The van der Waals surface area contributed by atoms with Crippen molar-refractivity contribution in [1.82, 2.24) is 25.1 Å². The van der Waals surface area contributed by atoms with Gasteiger partial charge < -0.3 is 10.1 Å². The highest BCUT2D eigenvalue weighted by Gasteiger charge is 2.22. The predicted molar refractivity (Wildman–Crippen MR) is 106 cm³/mol. The van der Waals surface area contributed by atoms with Gasteiger partial charge in [0.05, 0.1) is 0 Å². The first-order valence-corrected chi connectivity index (χ1v) is 10.2. The molecular formula is C20H28N6O2. The highest BCUT2D eigenvalue weighted by atomic mass is 16.5. The molecule has 1 saturated carbocycles. The third-order valence-electron chi connectivity index (χ3n) is 5.55. The maximum atomic E-state index is 12.7. The fourth-order valence-corrected chi connectivity index (χ4v) is 3.91. The van der Waals surface area contributed by atoms with Crippen molar-refractivity contribution in [2.45, 2.75) is 57.0 Å². The molecule has 0 aromatic carbocycles. The number of carbonyl (C=O) groups is 1. The Morgan fingerprint density at radius 2 is 2.00 bits per heavy atom. The molecule has 1 aliphatic carbocycles. The maximum Gasteiger partial charge on any atom is 0.258 e. The number of rotatable bonds is 5.